The Balaban J connectivity index is 0.00000392. The van der Waals surface area contributed by atoms with Crippen LogP contribution in [0.1, 0.15) is 29.3 Å². The van der Waals surface area contributed by atoms with E-state index in [2.05, 4.69) is 32.1 Å². The number of rotatable bonds is 9. The molecule has 0 radical (unpaired) electrons. The van der Waals surface area contributed by atoms with Gasteiger partial charge in [0, 0.05) is 58.2 Å². The summed E-state index contributed by atoms with van der Waals surface area (Å²) < 4.78 is 2.05. The van der Waals surface area contributed by atoms with Crippen molar-refractivity contribution in [2.75, 3.05) is 33.7 Å². The van der Waals surface area contributed by atoms with Crippen molar-refractivity contribution in [3.8, 4) is 0 Å². The Bertz CT molecular complexity index is 730. The molecule has 0 saturated carbocycles. The number of guanidine groups is 1. The lowest BCUT2D eigenvalue weighted by Crippen LogP contribution is -2.38. The summed E-state index contributed by atoms with van der Waals surface area (Å²) in [6.45, 7) is 5.29. The van der Waals surface area contributed by atoms with Crippen LogP contribution in [0, 0.1) is 0 Å². The van der Waals surface area contributed by atoms with Crippen molar-refractivity contribution < 1.29 is 4.79 Å². The molecule has 154 valence electrons. The lowest BCUT2D eigenvalue weighted by molar-refractivity contribution is 0.0827. The van der Waals surface area contributed by atoms with Crippen LogP contribution in [0.25, 0.3) is 0 Å². The van der Waals surface area contributed by atoms with Gasteiger partial charge in [-0.2, -0.15) is 0 Å². The lowest BCUT2D eigenvalue weighted by Gasteiger charge is -2.13. The second-order valence-electron chi connectivity index (χ2n) is 6.49. The summed E-state index contributed by atoms with van der Waals surface area (Å²) in [7, 11) is 3.53. The summed E-state index contributed by atoms with van der Waals surface area (Å²) in [4.78, 5) is 22.3. The maximum atomic E-state index is 12.1. The topological polar surface area (TPSA) is 74.5 Å². The number of aliphatic imine (C=N–C) groups is 1. The molecule has 0 unspecified atom stereocenters. The highest BCUT2D eigenvalue weighted by Gasteiger charge is 2.08. The molecule has 0 aliphatic heterocycles. The normalized spacial score (nSPS) is 10.9. The van der Waals surface area contributed by atoms with Gasteiger partial charge < -0.3 is 20.1 Å². The predicted octanol–water partition coefficient (Wildman–Crippen LogP) is 2.39. The number of hydrogen-bond donors (Lipinski definition) is 2. The molecule has 0 atom stereocenters. The Morgan fingerprint density at radius 2 is 2.11 bits per heavy atom. The van der Waals surface area contributed by atoms with E-state index >= 15 is 0 Å². The number of aromatic nitrogens is 2. The fraction of sp³-hybridized carbons (Fsp3) is 0.450. The standard InChI is InChI=1S/C20H30N6O.HI/c1-4-22-20(23-10-6-13-26-14-12-21-16-26)24-11-9-17-7-5-8-18(15-17)19(27)25(2)3;/h5,7-8,12,14-16H,4,6,9-11,13H2,1-3H3,(H2,22,23,24);1H. The number of benzene rings is 1. The molecular weight excluding hydrogens is 467 g/mol. The van der Waals surface area contributed by atoms with Crippen molar-refractivity contribution in [2.24, 2.45) is 4.99 Å². The van der Waals surface area contributed by atoms with E-state index in [-0.39, 0.29) is 29.9 Å². The maximum Gasteiger partial charge on any atom is 0.253 e. The summed E-state index contributed by atoms with van der Waals surface area (Å²) in [6, 6.07) is 7.79. The Hall–Kier alpha value is -2.10. The SMILES string of the molecule is CCNC(=NCCCn1ccnc1)NCCc1cccc(C(=O)N(C)C)c1.I. The third kappa shape index (κ3) is 8.28. The summed E-state index contributed by atoms with van der Waals surface area (Å²) in [6.07, 6.45) is 7.36. The average molecular weight is 498 g/mol. The van der Waals surface area contributed by atoms with Gasteiger partial charge in [-0.05, 0) is 37.5 Å². The minimum atomic E-state index is 0. The number of imidazole rings is 1. The van der Waals surface area contributed by atoms with Gasteiger partial charge in [0.1, 0.15) is 0 Å². The quantitative estimate of drug-likeness (QED) is 0.241. The summed E-state index contributed by atoms with van der Waals surface area (Å²) in [5.74, 6) is 0.848. The van der Waals surface area contributed by atoms with E-state index in [0.717, 1.165) is 56.1 Å². The number of amides is 1. The van der Waals surface area contributed by atoms with E-state index in [0.29, 0.717) is 0 Å². The van der Waals surface area contributed by atoms with Crippen molar-refractivity contribution in [1.82, 2.24) is 25.1 Å². The second-order valence-corrected chi connectivity index (χ2v) is 6.49. The van der Waals surface area contributed by atoms with Crippen LogP contribution < -0.4 is 10.6 Å². The number of hydrogen-bond acceptors (Lipinski definition) is 3. The Kier molecular flexibility index (Phi) is 11.2. The van der Waals surface area contributed by atoms with Crippen molar-refractivity contribution in [3.05, 3.63) is 54.1 Å². The zero-order chi connectivity index (χ0) is 19.5. The first-order chi connectivity index (χ1) is 13.1. The first-order valence-corrected chi connectivity index (χ1v) is 9.38. The Morgan fingerprint density at radius 1 is 1.29 bits per heavy atom. The molecule has 7 nitrogen and oxygen atoms in total. The Morgan fingerprint density at radius 3 is 2.79 bits per heavy atom. The van der Waals surface area contributed by atoms with Crippen molar-refractivity contribution >= 4 is 35.8 Å². The van der Waals surface area contributed by atoms with E-state index in [9.17, 15) is 4.79 Å². The van der Waals surface area contributed by atoms with E-state index < -0.39 is 0 Å². The van der Waals surface area contributed by atoms with Gasteiger partial charge in [-0.3, -0.25) is 9.79 Å². The van der Waals surface area contributed by atoms with Crippen LogP contribution in [0.3, 0.4) is 0 Å². The van der Waals surface area contributed by atoms with Gasteiger partial charge in [-0.25, -0.2) is 4.98 Å². The number of carbonyl (C=O) groups excluding carboxylic acids is 1. The average Bonchev–Trinajstić information content (AvgIpc) is 3.18. The van der Waals surface area contributed by atoms with Crippen LogP contribution in [-0.2, 0) is 13.0 Å². The van der Waals surface area contributed by atoms with Crippen LogP contribution in [0.4, 0.5) is 0 Å². The van der Waals surface area contributed by atoms with Gasteiger partial charge in [0.25, 0.3) is 5.91 Å². The molecule has 2 rings (SSSR count). The number of nitrogens with zero attached hydrogens (tertiary/aromatic N) is 4. The van der Waals surface area contributed by atoms with Crippen molar-refractivity contribution in [2.45, 2.75) is 26.3 Å². The van der Waals surface area contributed by atoms with E-state index in [4.69, 9.17) is 0 Å². The highest BCUT2D eigenvalue weighted by Crippen LogP contribution is 2.07. The van der Waals surface area contributed by atoms with E-state index in [1.807, 2.05) is 36.8 Å². The predicted molar refractivity (Wildman–Crippen MR) is 124 cm³/mol. The fourth-order valence-electron chi connectivity index (χ4n) is 2.65. The molecule has 0 aliphatic carbocycles. The highest BCUT2D eigenvalue weighted by molar-refractivity contribution is 14.0. The molecule has 8 heteroatoms. The number of aryl methyl sites for hydroxylation is 1. The number of nitrogens with one attached hydrogen (secondary N) is 2. The summed E-state index contributed by atoms with van der Waals surface area (Å²) >= 11 is 0. The van der Waals surface area contributed by atoms with Gasteiger partial charge >= 0.3 is 0 Å². The fourth-order valence-corrected chi connectivity index (χ4v) is 2.65. The first-order valence-electron chi connectivity index (χ1n) is 9.38. The molecule has 28 heavy (non-hydrogen) atoms. The highest BCUT2D eigenvalue weighted by atomic mass is 127. The molecule has 2 N–H and O–H groups in total. The van der Waals surface area contributed by atoms with Gasteiger partial charge in [0.15, 0.2) is 5.96 Å². The maximum absolute atomic E-state index is 12.1. The molecule has 1 aromatic carbocycles. The Labute approximate surface area is 184 Å². The molecule has 0 saturated heterocycles. The molecular formula is C20H31IN6O. The molecule has 1 amide bonds. The van der Waals surface area contributed by atoms with Gasteiger partial charge in [-0.15, -0.1) is 24.0 Å². The summed E-state index contributed by atoms with van der Waals surface area (Å²) in [5, 5.41) is 6.62. The molecule has 1 heterocycles. The molecule has 0 spiro atoms. The van der Waals surface area contributed by atoms with Crippen molar-refractivity contribution in [3.63, 3.8) is 0 Å². The van der Waals surface area contributed by atoms with Crippen LogP contribution in [0.5, 0.6) is 0 Å². The molecule has 0 fully saturated rings. The van der Waals surface area contributed by atoms with E-state index in [1.165, 1.54) is 0 Å². The molecule has 0 bridgehead atoms. The minimum absolute atomic E-state index is 0. The molecule has 1 aromatic heterocycles. The molecule has 2 aromatic rings. The largest absolute Gasteiger partial charge is 0.357 e. The lowest BCUT2D eigenvalue weighted by atomic mass is 10.1. The summed E-state index contributed by atoms with van der Waals surface area (Å²) in [5.41, 5.74) is 1.85. The van der Waals surface area contributed by atoms with Gasteiger partial charge in [0.05, 0.1) is 6.33 Å². The monoisotopic (exact) mass is 498 g/mol. The zero-order valence-electron chi connectivity index (χ0n) is 16.9. The smallest absolute Gasteiger partial charge is 0.253 e. The van der Waals surface area contributed by atoms with Crippen molar-refractivity contribution in [1.29, 1.82) is 0 Å². The third-order valence-electron chi connectivity index (χ3n) is 4.03. The number of halogens is 1. The van der Waals surface area contributed by atoms with Gasteiger partial charge in [0.2, 0.25) is 0 Å². The minimum Gasteiger partial charge on any atom is -0.357 e. The molecule has 0 aliphatic rings. The van der Waals surface area contributed by atoms with Crippen LogP contribution >= 0.6 is 24.0 Å². The number of carbonyl (C=O) groups is 1. The third-order valence-corrected chi connectivity index (χ3v) is 4.03. The van der Waals surface area contributed by atoms with Crippen LogP contribution in [0.2, 0.25) is 0 Å². The zero-order valence-corrected chi connectivity index (χ0v) is 19.2. The van der Waals surface area contributed by atoms with Crippen LogP contribution in [-0.4, -0.2) is 60.0 Å². The first kappa shape index (κ1) is 23.9. The second kappa shape index (κ2) is 13.1. The van der Waals surface area contributed by atoms with E-state index in [1.54, 1.807) is 25.2 Å². The van der Waals surface area contributed by atoms with Crippen LogP contribution in [0.15, 0.2) is 48.0 Å². The van der Waals surface area contributed by atoms with Gasteiger partial charge in [-0.1, -0.05) is 12.1 Å².